The summed E-state index contributed by atoms with van der Waals surface area (Å²) >= 11 is 0. The summed E-state index contributed by atoms with van der Waals surface area (Å²) in [6.07, 6.45) is 2.19. The summed E-state index contributed by atoms with van der Waals surface area (Å²) in [5, 5.41) is 14.4. The number of hydrogen-bond donors (Lipinski definition) is 3. The molecule has 0 saturated carbocycles. The lowest BCUT2D eigenvalue weighted by atomic mass is 10.1. The number of aromatic nitrogens is 1. The van der Waals surface area contributed by atoms with Crippen LogP contribution in [0.5, 0.6) is 0 Å². The highest BCUT2D eigenvalue weighted by Gasteiger charge is 2.09. The second-order valence-electron chi connectivity index (χ2n) is 4.27. The summed E-state index contributed by atoms with van der Waals surface area (Å²) in [5.74, 6) is -1.03. The molecule has 104 valence electrons. The number of rotatable bonds is 7. The van der Waals surface area contributed by atoms with Crippen LogP contribution in [0.1, 0.15) is 37.2 Å². The third-order valence-electron chi connectivity index (χ3n) is 2.53. The van der Waals surface area contributed by atoms with Crippen molar-refractivity contribution in [1.29, 1.82) is 0 Å². The van der Waals surface area contributed by atoms with E-state index in [1.54, 1.807) is 18.3 Å². The number of nitrogens with one attached hydrogen (secondary N) is 2. The standard InChI is InChI=1S/C13H19N3O3/c1-3-14-13(19)11-8-10(6-7-15-11)16-9(2)4-5-12(17)18/h6-9H,3-5H2,1-2H3,(H,14,19)(H,15,16)(H,17,18). The van der Waals surface area contributed by atoms with Gasteiger partial charge in [-0.05, 0) is 32.4 Å². The molecule has 0 spiro atoms. The summed E-state index contributed by atoms with van der Waals surface area (Å²) < 4.78 is 0. The SMILES string of the molecule is CCNC(=O)c1cc(NC(C)CCC(=O)O)ccn1. The number of carbonyl (C=O) groups is 2. The monoisotopic (exact) mass is 265 g/mol. The number of anilines is 1. The maximum atomic E-state index is 11.6. The number of nitrogens with zero attached hydrogens (tertiary/aromatic N) is 1. The van der Waals surface area contributed by atoms with Crippen LogP contribution in [0.4, 0.5) is 5.69 Å². The summed E-state index contributed by atoms with van der Waals surface area (Å²) in [7, 11) is 0. The van der Waals surface area contributed by atoms with Crippen molar-refractivity contribution in [3.05, 3.63) is 24.0 Å². The van der Waals surface area contributed by atoms with Gasteiger partial charge >= 0.3 is 5.97 Å². The zero-order valence-electron chi connectivity index (χ0n) is 11.1. The molecule has 1 atom stereocenters. The molecule has 1 aromatic rings. The van der Waals surface area contributed by atoms with E-state index in [0.717, 1.165) is 5.69 Å². The Morgan fingerprint density at radius 3 is 2.84 bits per heavy atom. The quantitative estimate of drug-likeness (QED) is 0.695. The lowest BCUT2D eigenvalue weighted by Gasteiger charge is -2.14. The van der Waals surface area contributed by atoms with E-state index in [9.17, 15) is 9.59 Å². The highest BCUT2D eigenvalue weighted by Crippen LogP contribution is 2.11. The molecule has 6 nitrogen and oxygen atoms in total. The molecule has 1 aromatic heterocycles. The maximum absolute atomic E-state index is 11.6. The molecule has 1 amide bonds. The summed E-state index contributed by atoms with van der Waals surface area (Å²) in [6.45, 7) is 4.29. The van der Waals surface area contributed by atoms with Gasteiger partial charge in [-0.25, -0.2) is 0 Å². The van der Waals surface area contributed by atoms with Gasteiger partial charge in [-0.3, -0.25) is 14.6 Å². The van der Waals surface area contributed by atoms with Crippen molar-refractivity contribution in [2.45, 2.75) is 32.7 Å². The number of hydrogen-bond acceptors (Lipinski definition) is 4. The van der Waals surface area contributed by atoms with Crippen LogP contribution in [0.2, 0.25) is 0 Å². The Kier molecular flexibility index (Phi) is 5.78. The van der Waals surface area contributed by atoms with Gasteiger partial charge in [0.2, 0.25) is 0 Å². The fraction of sp³-hybridized carbons (Fsp3) is 0.462. The van der Waals surface area contributed by atoms with Crippen LogP contribution in [0.25, 0.3) is 0 Å². The Labute approximate surface area is 112 Å². The Hall–Kier alpha value is -2.11. The van der Waals surface area contributed by atoms with Gasteiger partial charge in [0.25, 0.3) is 5.91 Å². The fourth-order valence-corrected chi connectivity index (χ4v) is 1.59. The van der Waals surface area contributed by atoms with Gasteiger partial charge in [0, 0.05) is 30.9 Å². The van der Waals surface area contributed by atoms with Crippen LogP contribution in [0, 0.1) is 0 Å². The van der Waals surface area contributed by atoms with E-state index in [0.29, 0.717) is 18.7 Å². The van der Waals surface area contributed by atoms with Crippen molar-refractivity contribution < 1.29 is 14.7 Å². The Morgan fingerprint density at radius 2 is 2.21 bits per heavy atom. The minimum absolute atomic E-state index is 0.0144. The molecule has 0 aromatic carbocycles. The molecule has 0 radical (unpaired) electrons. The molecule has 0 bridgehead atoms. The molecule has 6 heteroatoms. The summed E-state index contributed by atoms with van der Waals surface area (Å²) in [5.41, 5.74) is 1.10. The van der Waals surface area contributed by atoms with Crippen molar-refractivity contribution in [3.8, 4) is 0 Å². The van der Waals surface area contributed by atoms with E-state index in [1.165, 1.54) is 0 Å². The van der Waals surface area contributed by atoms with Crippen LogP contribution in [0.15, 0.2) is 18.3 Å². The normalized spacial score (nSPS) is 11.7. The molecule has 19 heavy (non-hydrogen) atoms. The van der Waals surface area contributed by atoms with E-state index in [1.807, 2.05) is 13.8 Å². The van der Waals surface area contributed by atoms with Gasteiger partial charge in [0.15, 0.2) is 0 Å². The number of aliphatic carboxylic acids is 1. The first kappa shape index (κ1) is 14.9. The third-order valence-corrected chi connectivity index (χ3v) is 2.53. The first-order valence-corrected chi connectivity index (χ1v) is 6.25. The van der Waals surface area contributed by atoms with E-state index in [2.05, 4.69) is 15.6 Å². The highest BCUT2D eigenvalue weighted by atomic mass is 16.4. The molecule has 1 unspecified atom stereocenters. The van der Waals surface area contributed by atoms with E-state index in [4.69, 9.17) is 5.11 Å². The molecule has 3 N–H and O–H groups in total. The minimum atomic E-state index is -0.814. The molecule has 1 rings (SSSR count). The number of carboxylic acids is 1. The largest absolute Gasteiger partial charge is 0.481 e. The number of amides is 1. The molecule has 0 aliphatic heterocycles. The van der Waals surface area contributed by atoms with Crippen LogP contribution in [-0.2, 0) is 4.79 Å². The smallest absolute Gasteiger partial charge is 0.303 e. The first-order chi connectivity index (χ1) is 9.02. The Morgan fingerprint density at radius 1 is 1.47 bits per heavy atom. The zero-order chi connectivity index (χ0) is 14.3. The van der Waals surface area contributed by atoms with Crippen LogP contribution in [-0.4, -0.2) is 34.6 Å². The minimum Gasteiger partial charge on any atom is -0.481 e. The lowest BCUT2D eigenvalue weighted by molar-refractivity contribution is -0.137. The van der Waals surface area contributed by atoms with Gasteiger partial charge < -0.3 is 15.7 Å². The lowest BCUT2D eigenvalue weighted by Crippen LogP contribution is -2.24. The Balaban J connectivity index is 2.61. The predicted octanol–water partition coefficient (Wildman–Crippen LogP) is 1.50. The topological polar surface area (TPSA) is 91.3 Å². The Bertz CT molecular complexity index is 449. The van der Waals surface area contributed by atoms with Crippen molar-refractivity contribution in [2.75, 3.05) is 11.9 Å². The summed E-state index contributed by atoms with van der Waals surface area (Å²) in [6, 6.07) is 3.42. The molecule has 0 aliphatic rings. The zero-order valence-corrected chi connectivity index (χ0v) is 11.1. The van der Waals surface area contributed by atoms with Crippen molar-refractivity contribution in [1.82, 2.24) is 10.3 Å². The highest BCUT2D eigenvalue weighted by molar-refractivity contribution is 5.93. The average Bonchev–Trinajstić information content (AvgIpc) is 2.37. The van der Waals surface area contributed by atoms with Crippen LogP contribution >= 0.6 is 0 Å². The fourth-order valence-electron chi connectivity index (χ4n) is 1.59. The van der Waals surface area contributed by atoms with Crippen molar-refractivity contribution in [3.63, 3.8) is 0 Å². The van der Waals surface area contributed by atoms with Gasteiger partial charge in [-0.1, -0.05) is 0 Å². The second-order valence-corrected chi connectivity index (χ2v) is 4.27. The van der Waals surface area contributed by atoms with Gasteiger partial charge in [0.1, 0.15) is 5.69 Å². The van der Waals surface area contributed by atoms with Crippen molar-refractivity contribution in [2.24, 2.45) is 0 Å². The molecular weight excluding hydrogens is 246 g/mol. The summed E-state index contributed by atoms with van der Waals surface area (Å²) in [4.78, 5) is 26.1. The van der Waals surface area contributed by atoms with E-state index < -0.39 is 5.97 Å². The predicted molar refractivity (Wildman–Crippen MR) is 72.2 cm³/mol. The van der Waals surface area contributed by atoms with E-state index in [-0.39, 0.29) is 18.4 Å². The molecular formula is C13H19N3O3. The van der Waals surface area contributed by atoms with Crippen molar-refractivity contribution >= 4 is 17.6 Å². The van der Waals surface area contributed by atoms with Crippen LogP contribution < -0.4 is 10.6 Å². The third kappa shape index (κ3) is 5.37. The molecule has 0 saturated heterocycles. The average molecular weight is 265 g/mol. The number of pyridine rings is 1. The van der Waals surface area contributed by atoms with E-state index >= 15 is 0 Å². The first-order valence-electron chi connectivity index (χ1n) is 6.25. The maximum Gasteiger partial charge on any atom is 0.303 e. The van der Waals surface area contributed by atoms with Gasteiger partial charge in [-0.2, -0.15) is 0 Å². The molecule has 1 heterocycles. The number of carboxylic acid groups (broad SMARTS) is 1. The molecule has 0 aliphatic carbocycles. The number of carbonyl (C=O) groups excluding carboxylic acids is 1. The van der Waals surface area contributed by atoms with Gasteiger partial charge in [0.05, 0.1) is 0 Å². The second kappa shape index (κ2) is 7.35. The van der Waals surface area contributed by atoms with Gasteiger partial charge in [-0.15, -0.1) is 0 Å². The molecule has 0 fully saturated rings. The van der Waals surface area contributed by atoms with Crippen LogP contribution in [0.3, 0.4) is 0 Å².